The van der Waals surface area contributed by atoms with Crippen LogP contribution in [-0.4, -0.2) is 49.9 Å². The summed E-state index contributed by atoms with van der Waals surface area (Å²) in [6, 6.07) is 8.91. The number of carbonyl (C=O) groups is 1. The van der Waals surface area contributed by atoms with Crippen LogP contribution in [0.1, 0.15) is 72.1 Å². The number of hydrogen-bond donors (Lipinski definition) is 1. The number of carbonyl (C=O) groups excluding carboxylic acids is 1. The maximum atomic E-state index is 14.2. The monoisotopic (exact) mass is 564 g/mol. The van der Waals surface area contributed by atoms with Gasteiger partial charge in [0.25, 0.3) is 11.8 Å². The Morgan fingerprint density at radius 2 is 1.85 bits per heavy atom. The largest absolute Gasteiger partial charge is 0.416 e. The lowest BCUT2D eigenvalue weighted by Gasteiger charge is -2.44. The van der Waals surface area contributed by atoms with E-state index < -0.39 is 42.7 Å². The maximum Gasteiger partial charge on any atom is 0.416 e. The van der Waals surface area contributed by atoms with Crippen LogP contribution in [0, 0.1) is 0 Å². The molecule has 1 saturated carbocycles. The van der Waals surface area contributed by atoms with Crippen molar-refractivity contribution in [3.05, 3.63) is 70.0 Å². The first kappa shape index (κ1) is 26.9. The third-order valence-electron chi connectivity index (χ3n) is 8.57. The molecular weight excluding hydrogens is 531 g/mol. The van der Waals surface area contributed by atoms with E-state index in [1.165, 1.54) is 4.90 Å². The Hall–Kier alpha value is -3.25. The van der Waals surface area contributed by atoms with E-state index in [1.54, 1.807) is 58.8 Å². The second-order valence-corrected chi connectivity index (χ2v) is 11.6. The molecular formula is C28H33F5N6O. The molecule has 1 aliphatic carbocycles. The van der Waals surface area contributed by atoms with E-state index >= 15 is 0 Å². The van der Waals surface area contributed by atoms with Crippen molar-refractivity contribution in [3.63, 3.8) is 0 Å². The Morgan fingerprint density at radius 3 is 2.42 bits per heavy atom. The highest BCUT2D eigenvalue weighted by Gasteiger charge is 2.49. The van der Waals surface area contributed by atoms with Crippen LogP contribution in [0.4, 0.5) is 27.6 Å². The molecule has 2 aliphatic heterocycles. The summed E-state index contributed by atoms with van der Waals surface area (Å²) in [5, 5.41) is 7.72. The molecule has 0 bridgehead atoms. The lowest BCUT2D eigenvalue weighted by Crippen LogP contribution is -2.58. The second-order valence-electron chi connectivity index (χ2n) is 11.6. The van der Waals surface area contributed by atoms with Gasteiger partial charge in [-0.15, -0.1) is 5.10 Å². The molecule has 3 aliphatic rings. The smallest absolute Gasteiger partial charge is 0.307 e. The predicted molar refractivity (Wildman–Crippen MR) is 140 cm³/mol. The predicted octanol–water partition coefficient (Wildman–Crippen LogP) is 5.26. The van der Waals surface area contributed by atoms with E-state index in [2.05, 4.69) is 10.4 Å². The van der Waals surface area contributed by atoms with Gasteiger partial charge in [-0.05, 0) is 67.1 Å². The van der Waals surface area contributed by atoms with Gasteiger partial charge in [0.15, 0.2) is 5.82 Å². The molecule has 0 radical (unpaired) electrons. The number of fused-ring (bicyclic) bond motifs is 1. The SMILES string of the molecule is Cn1nc([C@@H](c2cccc(N3Cc4c(cc(CNC5(C)CCC5)cc4C(F)(F)F)C3=O)c2)N2CC(F)(F)C2)n1C.[HH]. The molecule has 216 valence electrons. The van der Waals surface area contributed by atoms with Gasteiger partial charge < -0.3 is 10.2 Å². The number of nitrogens with zero attached hydrogens (tertiary/aromatic N) is 5. The molecule has 1 saturated heterocycles. The molecule has 12 heteroatoms. The van der Waals surface area contributed by atoms with Crippen LogP contribution in [0.15, 0.2) is 36.4 Å². The van der Waals surface area contributed by atoms with Crippen molar-refractivity contribution in [2.24, 2.45) is 14.1 Å². The van der Waals surface area contributed by atoms with Gasteiger partial charge in [0.05, 0.1) is 31.2 Å². The van der Waals surface area contributed by atoms with Crippen LogP contribution in [0.3, 0.4) is 0 Å². The Morgan fingerprint density at radius 1 is 1.12 bits per heavy atom. The topological polar surface area (TPSA) is 58.3 Å². The molecule has 0 spiro atoms. The normalized spacial score (nSPS) is 20.8. The van der Waals surface area contributed by atoms with E-state index in [1.807, 2.05) is 6.92 Å². The lowest BCUT2D eigenvalue weighted by atomic mass is 9.78. The summed E-state index contributed by atoms with van der Waals surface area (Å²) in [4.78, 5) is 18.1. The minimum Gasteiger partial charge on any atom is -0.307 e. The molecule has 0 unspecified atom stereocenters. The first-order valence-corrected chi connectivity index (χ1v) is 13.3. The summed E-state index contributed by atoms with van der Waals surface area (Å²) >= 11 is 0. The average Bonchev–Trinajstić information content (AvgIpc) is 3.20. The number of anilines is 1. The van der Waals surface area contributed by atoms with Crippen LogP contribution in [-0.2, 0) is 33.4 Å². The molecule has 2 aromatic carbocycles. The molecule has 1 atom stereocenters. The second kappa shape index (κ2) is 9.13. The Kier molecular flexibility index (Phi) is 6.15. The molecule has 3 aromatic rings. The molecule has 1 N–H and O–H groups in total. The summed E-state index contributed by atoms with van der Waals surface area (Å²) < 4.78 is 71.8. The van der Waals surface area contributed by atoms with Crippen LogP contribution >= 0.6 is 0 Å². The molecule has 40 heavy (non-hydrogen) atoms. The number of likely N-dealkylation sites (tertiary alicyclic amines) is 1. The standard InChI is InChI=1S/C28H31F5N6O.H2/c1-26(8-5-9-26)34-13-17-10-20-21(22(11-17)28(31,32)33)14-39(25(20)40)19-7-4-6-18(12-19)23(24-35-37(3)36(24)2)38-15-27(29,30)16-38;/h4,6-7,10-12,23,34H,5,8-9,13-16H2,1-3H3;1H/t23-;/m1./s1. The average molecular weight is 565 g/mol. The molecule has 3 heterocycles. The molecule has 7 nitrogen and oxygen atoms in total. The van der Waals surface area contributed by atoms with Gasteiger partial charge in [-0.2, -0.15) is 13.2 Å². The van der Waals surface area contributed by atoms with Crippen molar-refractivity contribution in [1.82, 2.24) is 24.8 Å². The Bertz CT molecular complexity index is 1470. The van der Waals surface area contributed by atoms with Gasteiger partial charge in [0.2, 0.25) is 0 Å². The minimum atomic E-state index is -4.62. The Balaban J connectivity index is 0.00000337. The van der Waals surface area contributed by atoms with Gasteiger partial charge >= 0.3 is 6.18 Å². The van der Waals surface area contributed by atoms with E-state index in [4.69, 9.17) is 0 Å². The van der Waals surface area contributed by atoms with Gasteiger partial charge in [-0.25, -0.2) is 13.6 Å². The van der Waals surface area contributed by atoms with Crippen LogP contribution in [0.25, 0.3) is 0 Å². The zero-order chi connectivity index (χ0) is 28.6. The zero-order valence-electron chi connectivity index (χ0n) is 22.5. The first-order chi connectivity index (χ1) is 18.7. The van der Waals surface area contributed by atoms with Crippen molar-refractivity contribution >= 4 is 11.6 Å². The minimum absolute atomic E-state index is 0. The van der Waals surface area contributed by atoms with E-state index in [9.17, 15) is 26.7 Å². The highest BCUT2D eigenvalue weighted by atomic mass is 19.4. The number of benzene rings is 2. The third kappa shape index (κ3) is 4.60. The summed E-state index contributed by atoms with van der Waals surface area (Å²) in [7, 11) is 3.50. The van der Waals surface area contributed by atoms with Gasteiger partial charge in [0, 0.05) is 38.9 Å². The van der Waals surface area contributed by atoms with Crippen LogP contribution in [0.2, 0.25) is 0 Å². The number of nitrogens with one attached hydrogen (secondary N) is 1. The number of aromatic nitrogens is 3. The van der Waals surface area contributed by atoms with Gasteiger partial charge in [-0.3, -0.25) is 14.4 Å². The summed E-state index contributed by atoms with van der Waals surface area (Å²) in [6.07, 6.45) is -1.62. The Labute approximate surface area is 230 Å². The molecule has 1 amide bonds. The fourth-order valence-electron chi connectivity index (χ4n) is 5.97. The van der Waals surface area contributed by atoms with Gasteiger partial charge in [0.1, 0.15) is 0 Å². The number of rotatable bonds is 7. The number of aryl methyl sites for hydroxylation is 1. The maximum absolute atomic E-state index is 14.2. The van der Waals surface area contributed by atoms with Gasteiger partial charge in [-0.1, -0.05) is 12.1 Å². The van der Waals surface area contributed by atoms with Crippen molar-refractivity contribution < 1.29 is 28.2 Å². The molecule has 1 aromatic heterocycles. The van der Waals surface area contributed by atoms with Crippen molar-refractivity contribution in [1.29, 1.82) is 0 Å². The van der Waals surface area contributed by atoms with Crippen molar-refractivity contribution in [2.75, 3.05) is 18.0 Å². The number of alkyl halides is 5. The number of amides is 1. The fraction of sp³-hybridized carbons (Fsp3) is 0.500. The number of halogens is 5. The lowest BCUT2D eigenvalue weighted by molar-refractivity contribution is -0.144. The fourth-order valence-corrected chi connectivity index (χ4v) is 5.97. The molecule has 6 rings (SSSR count). The van der Waals surface area contributed by atoms with Crippen LogP contribution in [0.5, 0.6) is 0 Å². The first-order valence-electron chi connectivity index (χ1n) is 13.3. The molecule has 2 fully saturated rings. The quantitative estimate of drug-likeness (QED) is 0.398. The zero-order valence-corrected chi connectivity index (χ0v) is 22.5. The van der Waals surface area contributed by atoms with E-state index in [0.717, 1.165) is 25.3 Å². The van der Waals surface area contributed by atoms with E-state index in [-0.39, 0.29) is 31.2 Å². The third-order valence-corrected chi connectivity index (χ3v) is 8.57. The number of hydrogen-bond acceptors (Lipinski definition) is 4. The highest BCUT2D eigenvalue weighted by molar-refractivity contribution is 6.10. The summed E-state index contributed by atoms with van der Waals surface area (Å²) in [5.41, 5.74) is 0.536. The summed E-state index contributed by atoms with van der Waals surface area (Å²) in [6.45, 7) is 1.19. The van der Waals surface area contributed by atoms with E-state index in [0.29, 0.717) is 22.6 Å². The van der Waals surface area contributed by atoms with Crippen molar-refractivity contribution in [3.8, 4) is 0 Å². The highest BCUT2D eigenvalue weighted by Crippen LogP contribution is 2.42. The van der Waals surface area contributed by atoms with Crippen LogP contribution < -0.4 is 10.2 Å². The summed E-state index contributed by atoms with van der Waals surface area (Å²) in [5.74, 6) is -2.74. The van der Waals surface area contributed by atoms with Crippen molar-refractivity contribution in [2.45, 2.75) is 63.0 Å².